The van der Waals surface area contributed by atoms with Crippen LogP contribution in [-0.2, 0) is 11.3 Å². The van der Waals surface area contributed by atoms with Crippen molar-refractivity contribution in [2.24, 2.45) is 0 Å². The summed E-state index contributed by atoms with van der Waals surface area (Å²) in [7, 11) is 0. The summed E-state index contributed by atoms with van der Waals surface area (Å²) in [6.07, 6.45) is 4.03. The highest BCUT2D eigenvalue weighted by molar-refractivity contribution is 5.94. The van der Waals surface area contributed by atoms with Gasteiger partial charge >= 0.3 is 5.97 Å². The van der Waals surface area contributed by atoms with Crippen molar-refractivity contribution in [1.82, 2.24) is 0 Å². The predicted octanol–water partition coefficient (Wildman–Crippen LogP) is 2.70. The third kappa shape index (κ3) is 1.23. The summed E-state index contributed by atoms with van der Waals surface area (Å²) in [4.78, 5) is 11.2. The van der Waals surface area contributed by atoms with Crippen molar-refractivity contribution in [2.75, 3.05) is 0 Å². The van der Waals surface area contributed by atoms with Gasteiger partial charge in [-0.05, 0) is 31.0 Å². The predicted molar refractivity (Wildman–Crippen MR) is 55.0 cm³/mol. The first-order valence-electron chi connectivity index (χ1n) is 4.66. The maximum atomic E-state index is 11.2. The van der Waals surface area contributed by atoms with Gasteiger partial charge in [0.25, 0.3) is 0 Å². The van der Waals surface area contributed by atoms with Crippen molar-refractivity contribution in [1.29, 1.82) is 0 Å². The van der Waals surface area contributed by atoms with Gasteiger partial charge < -0.3 is 4.74 Å². The Hall–Kier alpha value is -1.57. The third-order valence-electron chi connectivity index (χ3n) is 2.55. The smallest absolute Gasteiger partial charge is 0.338 e. The first-order valence-corrected chi connectivity index (χ1v) is 4.66. The number of allylic oxidation sites excluding steroid dienone is 1. The largest absolute Gasteiger partial charge is 0.457 e. The Morgan fingerprint density at radius 1 is 1.43 bits per heavy atom. The standard InChI is InChI=1S/C12H12O2/c1-3-4-9-5-6-10-11(8(9)2)7-14-12(10)13/h3-6H,7H2,1-2H3/b4-3-. The van der Waals surface area contributed by atoms with E-state index >= 15 is 0 Å². The number of hydrogen-bond acceptors (Lipinski definition) is 2. The van der Waals surface area contributed by atoms with E-state index in [1.807, 2.05) is 38.1 Å². The Morgan fingerprint density at radius 3 is 2.93 bits per heavy atom. The van der Waals surface area contributed by atoms with Crippen molar-refractivity contribution in [2.45, 2.75) is 20.5 Å². The zero-order chi connectivity index (χ0) is 10.1. The molecule has 1 heterocycles. The minimum Gasteiger partial charge on any atom is -0.457 e. The van der Waals surface area contributed by atoms with E-state index in [2.05, 4.69) is 0 Å². The Morgan fingerprint density at radius 2 is 2.21 bits per heavy atom. The molecular formula is C12H12O2. The average Bonchev–Trinajstić information content (AvgIpc) is 2.54. The van der Waals surface area contributed by atoms with Gasteiger partial charge in [-0.3, -0.25) is 0 Å². The van der Waals surface area contributed by atoms with Crippen LogP contribution in [0.1, 0.15) is 34.0 Å². The zero-order valence-corrected chi connectivity index (χ0v) is 8.33. The molecule has 0 saturated carbocycles. The molecule has 0 spiro atoms. The number of carbonyl (C=O) groups is 1. The van der Waals surface area contributed by atoms with Crippen molar-refractivity contribution in [3.63, 3.8) is 0 Å². The molecule has 1 aliphatic heterocycles. The molecule has 0 aromatic heterocycles. The van der Waals surface area contributed by atoms with Crippen LogP contribution in [0.15, 0.2) is 18.2 Å². The van der Waals surface area contributed by atoms with E-state index in [0.717, 1.165) is 22.3 Å². The van der Waals surface area contributed by atoms with Gasteiger partial charge in [-0.15, -0.1) is 0 Å². The van der Waals surface area contributed by atoms with Crippen LogP contribution in [0.5, 0.6) is 0 Å². The molecule has 1 aromatic rings. The minimum atomic E-state index is -0.199. The summed E-state index contributed by atoms with van der Waals surface area (Å²) in [5.74, 6) is -0.199. The molecule has 1 aromatic carbocycles. The fraction of sp³-hybridized carbons (Fsp3) is 0.250. The van der Waals surface area contributed by atoms with Crippen molar-refractivity contribution < 1.29 is 9.53 Å². The van der Waals surface area contributed by atoms with Gasteiger partial charge in [0, 0.05) is 5.56 Å². The Balaban J connectivity index is 2.58. The molecule has 0 bridgehead atoms. The normalized spacial score (nSPS) is 14.6. The first kappa shape index (κ1) is 9.00. The molecule has 0 unspecified atom stereocenters. The van der Waals surface area contributed by atoms with Crippen molar-refractivity contribution in [3.05, 3.63) is 40.5 Å². The summed E-state index contributed by atoms with van der Waals surface area (Å²) in [5, 5.41) is 0. The molecule has 1 aliphatic rings. The molecule has 2 heteroatoms. The molecule has 0 saturated heterocycles. The topological polar surface area (TPSA) is 26.3 Å². The van der Waals surface area contributed by atoms with E-state index < -0.39 is 0 Å². The molecule has 2 nitrogen and oxygen atoms in total. The number of esters is 1. The van der Waals surface area contributed by atoms with Gasteiger partial charge in [0.05, 0.1) is 5.56 Å². The lowest BCUT2D eigenvalue weighted by molar-refractivity contribution is 0.0535. The van der Waals surface area contributed by atoms with Gasteiger partial charge in [-0.25, -0.2) is 4.79 Å². The summed E-state index contributed by atoms with van der Waals surface area (Å²) in [6.45, 7) is 4.43. The maximum Gasteiger partial charge on any atom is 0.338 e. The molecule has 0 N–H and O–H groups in total. The summed E-state index contributed by atoms with van der Waals surface area (Å²) >= 11 is 0. The number of ether oxygens (including phenoxy) is 1. The van der Waals surface area contributed by atoms with E-state index in [9.17, 15) is 4.79 Å². The SMILES string of the molecule is C/C=C\c1ccc2c(c1C)COC2=O. The van der Waals surface area contributed by atoms with Crippen molar-refractivity contribution in [3.8, 4) is 0 Å². The number of cyclic esters (lactones) is 1. The summed E-state index contributed by atoms with van der Waals surface area (Å²) < 4.78 is 4.97. The van der Waals surface area contributed by atoms with Crippen LogP contribution >= 0.6 is 0 Å². The second-order valence-corrected chi connectivity index (χ2v) is 3.38. The van der Waals surface area contributed by atoms with Crippen LogP contribution in [0.3, 0.4) is 0 Å². The molecule has 0 atom stereocenters. The number of fused-ring (bicyclic) bond motifs is 1. The summed E-state index contributed by atoms with van der Waals surface area (Å²) in [6, 6.07) is 3.80. The highest BCUT2D eigenvalue weighted by Gasteiger charge is 2.23. The first-order chi connectivity index (χ1) is 6.74. The number of benzene rings is 1. The van der Waals surface area contributed by atoms with Gasteiger partial charge in [0.2, 0.25) is 0 Å². The fourth-order valence-corrected chi connectivity index (χ4v) is 1.73. The third-order valence-corrected chi connectivity index (χ3v) is 2.55. The van der Waals surface area contributed by atoms with Crippen LogP contribution in [0, 0.1) is 6.92 Å². The number of carbonyl (C=O) groups excluding carboxylic acids is 1. The van der Waals surface area contributed by atoms with Crippen LogP contribution in [0.25, 0.3) is 6.08 Å². The van der Waals surface area contributed by atoms with E-state index in [1.165, 1.54) is 0 Å². The number of rotatable bonds is 1. The molecule has 72 valence electrons. The second kappa shape index (κ2) is 3.29. The van der Waals surface area contributed by atoms with Crippen LogP contribution in [0.2, 0.25) is 0 Å². The molecule has 2 rings (SSSR count). The lowest BCUT2D eigenvalue weighted by atomic mass is 9.98. The van der Waals surface area contributed by atoms with E-state index in [-0.39, 0.29) is 5.97 Å². The minimum absolute atomic E-state index is 0.199. The quantitative estimate of drug-likeness (QED) is 0.633. The lowest BCUT2D eigenvalue weighted by Crippen LogP contribution is -1.95. The highest BCUT2D eigenvalue weighted by Crippen LogP contribution is 2.26. The van der Waals surface area contributed by atoms with E-state index in [4.69, 9.17) is 4.74 Å². The van der Waals surface area contributed by atoms with Crippen LogP contribution in [-0.4, -0.2) is 5.97 Å². The van der Waals surface area contributed by atoms with E-state index in [1.54, 1.807) is 0 Å². The monoisotopic (exact) mass is 188 g/mol. The average molecular weight is 188 g/mol. The Kier molecular flexibility index (Phi) is 2.12. The fourth-order valence-electron chi connectivity index (χ4n) is 1.73. The Labute approximate surface area is 83.2 Å². The van der Waals surface area contributed by atoms with Crippen LogP contribution in [0.4, 0.5) is 0 Å². The molecule has 0 amide bonds. The van der Waals surface area contributed by atoms with Gasteiger partial charge in [0.1, 0.15) is 6.61 Å². The highest BCUT2D eigenvalue weighted by atomic mass is 16.5. The molecular weight excluding hydrogens is 176 g/mol. The second-order valence-electron chi connectivity index (χ2n) is 3.38. The maximum absolute atomic E-state index is 11.2. The molecule has 0 fully saturated rings. The van der Waals surface area contributed by atoms with Gasteiger partial charge in [0.15, 0.2) is 0 Å². The molecule has 14 heavy (non-hydrogen) atoms. The van der Waals surface area contributed by atoms with Gasteiger partial charge in [-0.2, -0.15) is 0 Å². The Bertz CT molecular complexity index is 417. The lowest BCUT2D eigenvalue weighted by Gasteiger charge is -2.04. The number of hydrogen-bond donors (Lipinski definition) is 0. The molecule has 0 radical (unpaired) electrons. The zero-order valence-electron chi connectivity index (χ0n) is 8.33. The summed E-state index contributed by atoms with van der Waals surface area (Å²) in [5.41, 5.74) is 4.05. The van der Waals surface area contributed by atoms with Gasteiger partial charge in [-0.1, -0.05) is 18.2 Å². The van der Waals surface area contributed by atoms with Crippen molar-refractivity contribution >= 4 is 12.0 Å². The molecule has 0 aliphatic carbocycles. The van der Waals surface area contributed by atoms with Crippen LogP contribution < -0.4 is 0 Å². The van der Waals surface area contributed by atoms with E-state index in [0.29, 0.717) is 6.61 Å².